The van der Waals surface area contributed by atoms with Crippen molar-refractivity contribution in [2.75, 3.05) is 5.32 Å². The summed E-state index contributed by atoms with van der Waals surface area (Å²) in [4.78, 5) is 20.7. The fraction of sp³-hybridized carbons (Fsp3) is 0.111. The van der Waals surface area contributed by atoms with Crippen LogP contribution in [-0.4, -0.2) is 25.7 Å². The van der Waals surface area contributed by atoms with Crippen LogP contribution in [0.5, 0.6) is 0 Å². The second-order valence-electron chi connectivity index (χ2n) is 5.70. The Bertz CT molecular complexity index is 1050. The number of hydrogen-bond acceptors (Lipinski definition) is 5. The van der Waals surface area contributed by atoms with E-state index in [4.69, 9.17) is 4.42 Å². The molecule has 0 spiro atoms. The van der Waals surface area contributed by atoms with Crippen LogP contribution in [-0.2, 0) is 7.05 Å². The molecule has 124 valence electrons. The maximum Gasteiger partial charge on any atom is 0.257 e. The summed E-state index contributed by atoms with van der Waals surface area (Å²) in [7, 11) is 1.83. The highest BCUT2D eigenvalue weighted by molar-refractivity contribution is 6.05. The number of benzene rings is 1. The SMILES string of the molecule is Cc1nn(C)c2ncc(C(=O)Nc3ccc(-c4cnco4)cc3)cc12. The van der Waals surface area contributed by atoms with Gasteiger partial charge in [0.2, 0.25) is 0 Å². The molecule has 0 radical (unpaired) electrons. The van der Waals surface area contributed by atoms with Gasteiger partial charge in [0.15, 0.2) is 17.8 Å². The number of aromatic nitrogens is 4. The van der Waals surface area contributed by atoms with E-state index in [0.717, 1.165) is 22.3 Å². The molecule has 0 aliphatic rings. The van der Waals surface area contributed by atoms with Gasteiger partial charge in [0.25, 0.3) is 5.91 Å². The minimum atomic E-state index is -0.218. The number of carbonyl (C=O) groups excluding carboxylic acids is 1. The molecule has 0 unspecified atom stereocenters. The molecule has 4 rings (SSSR count). The lowest BCUT2D eigenvalue weighted by atomic mass is 10.1. The summed E-state index contributed by atoms with van der Waals surface area (Å²) in [6, 6.07) is 9.17. The molecule has 4 aromatic rings. The molecule has 0 bridgehead atoms. The lowest BCUT2D eigenvalue weighted by Gasteiger charge is -2.06. The predicted molar refractivity (Wildman–Crippen MR) is 93.1 cm³/mol. The van der Waals surface area contributed by atoms with Crippen molar-refractivity contribution in [1.29, 1.82) is 0 Å². The van der Waals surface area contributed by atoms with Crippen molar-refractivity contribution in [3.8, 4) is 11.3 Å². The largest absolute Gasteiger partial charge is 0.444 e. The van der Waals surface area contributed by atoms with Crippen LogP contribution in [0, 0.1) is 6.92 Å². The van der Waals surface area contributed by atoms with E-state index in [1.807, 2.05) is 44.3 Å². The Morgan fingerprint density at radius 1 is 1.20 bits per heavy atom. The zero-order valence-corrected chi connectivity index (χ0v) is 13.7. The molecule has 0 aliphatic carbocycles. The van der Waals surface area contributed by atoms with Crippen molar-refractivity contribution in [3.05, 3.63) is 60.4 Å². The molecular weight excluding hydrogens is 318 g/mol. The summed E-state index contributed by atoms with van der Waals surface area (Å²) in [6.07, 6.45) is 4.58. The first-order valence-electron chi connectivity index (χ1n) is 7.71. The second kappa shape index (κ2) is 5.86. The summed E-state index contributed by atoms with van der Waals surface area (Å²) in [6.45, 7) is 1.90. The van der Waals surface area contributed by atoms with Crippen molar-refractivity contribution in [2.45, 2.75) is 6.92 Å². The van der Waals surface area contributed by atoms with Gasteiger partial charge in [0, 0.05) is 29.9 Å². The molecule has 7 heteroatoms. The number of hydrogen-bond donors (Lipinski definition) is 1. The zero-order chi connectivity index (χ0) is 17.4. The van der Waals surface area contributed by atoms with Crippen LogP contribution < -0.4 is 5.32 Å². The van der Waals surface area contributed by atoms with E-state index >= 15 is 0 Å². The fourth-order valence-electron chi connectivity index (χ4n) is 2.71. The highest BCUT2D eigenvalue weighted by Gasteiger charge is 2.12. The van der Waals surface area contributed by atoms with Crippen molar-refractivity contribution < 1.29 is 9.21 Å². The van der Waals surface area contributed by atoms with Gasteiger partial charge < -0.3 is 9.73 Å². The Balaban J connectivity index is 1.56. The average Bonchev–Trinajstić information content (AvgIpc) is 3.24. The maximum atomic E-state index is 12.5. The number of amides is 1. The van der Waals surface area contributed by atoms with Crippen LogP contribution in [0.1, 0.15) is 16.1 Å². The van der Waals surface area contributed by atoms with Gasteiger partial charge in [0.1, 0.15) is 0 Å². The number of pyridine rings is 1. The zero-order valence-electron chi connectivity index (χ0n) is 13.7. The van der Waals surface area contributed by atoms with Crippen molar-refractivity contribution in [3.63, 3.8) is 0 Å². The van der Waals surface area contributed by atoms with Crippen LogP contribution in [0.3, 0.4) is 0 Å². The van der Waals surface area contributed by atoms with Gasteiger partial charge in [0.05, 0.1) is 17.5 Å². The number of rotatable bonds is 3. The lowest BCUT2D eigenvalue weighted by Crippen LogP contribution is -2.12. The molecule has 7 nitrogen and oxygen atoms in total. The molecule has 0 saturated heterocycles. The third-order valence-electron chi connectivity index (χ3n) is 3.98. The monoisotopic (exact) mass is 333 g/mol. The summed E-state index contributed by atoms with van der Waals surface area (Å²) >= 11 is 0. The Kier molecular flexibility index (Phi) is 3.53. The van der Waals surface area contributed by atoms with Gasteiger partial charge in [-0.2, -0.15) is 5.10 Å². The number of anilines is 1. The van der Waals surface area contributed by atoms with Crippen LogP contribution in [0.15, 0.2) is 53.5 Å². The van der Waals surface area contributed by atoms with Crippen molar-refractivity contribution in [2.24, 2.45) is 7.05 Å². The van der Waals surface area contributed by atoms with Gasteiger partial charge in [-0.15, -0.1) is 0 Å². The van der Waals surface area contributed by atoms with Gasteiger partial charge in [-0.05, 0) is 37.3 Å². The van der Waals surface area contributed by atoms with Gasteiger partial charge in [-0.25, -0.2) is 9.97 Å². The minimum absolute atomic E-state index is 0.218. The average molecular weight is 333 g/mol. The Morgan fingerprint density at radius 3 is 2.72 bits per heavy atom. The quantitative estimate of drug-likeness (QED) is 0.622. The third kappa shape index (κ3) is 2.76. The van der Waals surface area contributed by atoms with E-state index < -0.39 is 0 Å². The van der Waals surface area contributed by atoms with E-state index in [2.05, 4.69) is 20.4 Å². The second-order valence-corrected chi connectivity index (χ2v) is 5.70. The summed E-state index contributed by atoms with van der Waals surface area (Å²) in [5, 5.41) is 8.06. The molecule has 1 N–H and O–H groups in total. The smallest absolute Gasteiger partial charge is 0.257 e. The highest BCUT2D eigenvalue weighted by atomic mass is 16.3. The molecule has 0 saturated carbocycles. The van der Waals surface area contributed by atoms with Crippen molar-refractivity contribution in [1.82, 2.24) is 19.7 Å². The molecule has 0 fully saturated rings. The Labute approximate surface area is 143 Å². The third-order valence-corrected chi connectivity index (χ3v) is 3.98. The normalized spacial score (nSPS) is 11.0. The molecule has 1 aromatic carbocycles. The maximum absolute atomic E-state index is 12.5. The standard InChI is InChI=1S/C18H15N5O2/c1-11-15-7-13(8-20-17(15)23(2)22-11)18(24)21-14-5-3-12(4-6-14)16-9-19-10-25-16/h3-10H,1-2H3,(H,21,24). The van der Waals surface area contributed by atoms with Crippen LogP contribution in [0.4, 0.5) is 5.69 Å². The Morgan fingerprint density at radius 2 is 2.00 bits per heavy atom. The first kappa shape index (κ1) is 15.1. The van der Waals surface area contributed by atoms with E-state index in [9.17, 15) is 4.79 Å². The predicted octanol–water partition coefficient (Wildman–Crippen LogP) is 3.18. The van der Waals surface area contributed by atoms with Crippen LogP contribution in [0.2, 0.25) is 0 Å². The van der Waals surface area contributed by atoms with Gasteiger partial charge in [-0.3, -0.25) is 9.48 Å². The van der Waals surface area contributed by atoms with Crippen molar-refractivity contribution >= 4 is 22.6 Å². The summed E-state index contributed by atoms with van der Waals surface area (Å²) in [5.41, 5.74) is 3.67. The number of oxazole rings is 1. The lowest BCUT2D eigenvalue weighted by molar-refractivity contribution is 0.102. The van der Waals surface area contributed by atoms with E-state index in [0.29, 0.717) is 17.0 Å². The number of aryl methyl sites for hydroxylation is 2. The number of nitrogens with zero attached hydrogens (tertiary/aromatic N) is 4. The van der Waals surface area contributed by atoms with Crippen LogP contribution >= 0.6 is 0 Å². The molecule has 0 atom stereocenters. The molecule has 1 amide bonds. The number of carbonyl (C=O) groups is 1. The van der Waals surface area contributed by atoms with Gasteiger partial charge >= 0.3 is 0 Å². The van der Waals surface area contributed by atoms with Gasteiger partial charge in [-0.1, -0.05) is 0 Å². The first-order chi connectivity index (χ1) is 12.1. The fourth-order valence-corrected chi connectivity index (χ4v) is 2.71. The topological polar surface area (TPSA) is 85.8 Å². The molecule has 3 aromatic heterocycles. The summed E-state index contributed by atoms with van der Waals surface area (Å²) in [5.74, 6) is 0.463. The highest BCUT2D eigenvalue weighted by Crippen LogP contribution is 2.22. The molecular formula is C18H15N5O2. The van der Waals surface area contributed by atoms with E-state index in [-0.39, 0.29) is 5.91 Å². The van der Waals surface area contributed by atoms with Crippen LogP contribution in [0.25, 0.3) is 22.4 Å². The molecule has 25 heavy (non-hydrogen) atoms. The summed E-state index contributed by atoms with van der Waals surface area (Å²) < 4.78 is 6.95. The minimum Gasteiger partial charge on any atom is -0.444 e. The van der Waals surface area contributed by atoms with E-state index in [1.54, 1.807) is 17.1 Å². The Hall–Kier alpha value is -3.48. The number of fused-ring (bicyclic) bond motifs is 1. The molecule has 0 aliphatic heterocycles. The first-order valence-corrected chi connectivity index (χ1v) is 7.71. The number of nitrogens with one attached hydrogen (secondary N) is 1. The van der Waals surface area contributed by atoms with E-state index in [1.165, 1.54) is 6.39 Å². The molecule has 3 heterocycles.